The second-order valence-corrected chi connectivity index (χ2v) is 22.7. The molecule has 0 bridgehead atoms. The van der Waals surface area contributed by atoms with Gasteiger partial charge in [0.1, 0.15) is 52.9 Å². The van der Waals surface area contributed by atoms with Crippen LogP contribution < -0.4 is 35.3 Å². The summed E-state index contributed by atoms with van der Waals surface area (Å²) in [5, 5.41) is 31.2. The van der Waals surface area contributed by atoms with Gasteiger partial charge in [0.25, 0.3) is 18.1 Å². The molecule has 87 heavy (non-hydrogen) atoms. The third-order valence-electron chi connectivity index (χ3n) is 17.8. The fourth-order valence-corrected chi connectivity index (χ4v) is 13.1. The monoisotopic (exact) mass is 1200 g/mol. The number of Topliss-reactive ketones (excluding diaryl/α,β-unsaturated/α-hetero) is 2. The quantitative estimate of drug-likeness (QED) is 0.0200. The number of imide groups is 1. The highest BCUT2D eigenvalue weighted by Gasteiger charge is 2.78. The van der Waals surface area contributed by atoms with Crippen LogP contribution in [0.1, 0.15) is 105 Å². The molecule has 6 N–H and O–H groups in total. The Morgan fingerprint density at radius 2 is 1.47 bits per heavy atom. The van der Waals surface area contributed by atoms with Crippen LogP contribution in [-0.2, 0) is 68.4 Å². The smallest absolute Gasteiger partial charge is 0.312 e. The van der Waals surface area contributed by atoms with E-state index in [1.165, 1.54) is 57.6 Å². The SMILES string of the molecule is COC(=O)[C@H]1[C@@H](O)[C@@]2(O)c3c(OC)cc(O[C@@H]4O[C@@H]([C@H]5COC(c6ccc(NC(=O)[C@H](CCCNC(N)=O)CC(=O)C7(C(=O)CCCCCCN8C(=O)C=CC8=O)CCC7)cc6)O5)CO[C@H]4OC)cc3O[C@@]2(c2ccc(OC)cc2)[C@@H]1c1ccccc1. The molecule has 4 aromatic carbocycles. The highest BCUT2D eigenvalue weighted by molar-refractivity contribution is 6.13. The van der Waals surface area contributed by atoms with Crippen molar-refractivity contribution in [3.05, 3.63) is 125 Å². The van der Waals surface area contributed by atoms with Gasteiger partial charge in [0.2, 0.25) is 12.2 Å². The number of rotatable bonds is 27. The number of carbonyl (C=O) groups is 7. The van der Waals surface area contributed by atoms with E-state index in [4.69, 9.17) is 53.1 Å². The van der Waals surface area contributed by atoms with E-state index in [-0.39, 0.29) is 85.2 Å². The lowest BCUT2D eigenvalue weighted by molar-refractivity contribution is -0.323. The molecule has 4 aromatic rings. The molecule has 0 radical (unpaired) electrons. The van der Waals surface area contributed by atoms with Gasteiger partial charge in [-0.1, -0.05) is 73.9 Å². The molecule has 464 valence electrons. The van der Waals surface area contributed by atoms with Crippen molar-refractivity contribution in [1.29, 1.82) is 0 Å². The first kappa shape index (κ1) is 62.3. The molecule has 23 nitrogen and oxygen atoms in total. The van der Waals surface area contributed by atoms with Gasteiger partial charge < -0.3 is 73.9 Å². The van der Waals surface area contributed by atoms with Gasteiger partial charge in [-0.2, -0.15) is 0 Å². The van der Waals surface area contributed by atoms with E-state index in [0.29, 0.717) is 86.0 Å². The molecule has 2 saturated heterocycles. The van der Waals surface area contributed by atoms with E-state index < -0.39 is 89.5 Å². The first-order chi connectivity index (χ1) is 42.0. The van der Waals surface area contributed by atoms with Crippen molar-refractivity contribution < 1.29 is 91.1 Å². The molecular formula is C64H74N4O19. The molecule has 5 amide bonds. The van der Waals surface area contributed by atoms with Crippen molar-refractivity contribution in [3.8, 4) is 23.0 Å². The molecule has 1 unspecified atom stereocenters. The summed E-state index contributed by atoms with van der Waals surface area (Å²) in [4.78, 5) is 92.0. The number of esters is 1. The van der Waals surface area contributed by atoms with E-state index >= 15 is 0 Å². The maximum absolute atomic E-state index is 14.1. The Labute approximate surface area is 503 Å². The molecular weight excluding hydrogens is 1130 g/mol. The minimum atomic E-state index is -2.32. The van der Waals surface area contributed by atoms with Crippen LogP contribution in [0.3, 0.4) is 0 Å². The van der Waals surface area contributed by atoms with Gasteiger partial charge in [-0.15, -0.1) is 0 Å². The molecule has 2 aliphatic carbocycles. The zero-order valence-electron chi connectivity index (χ0n) is 49.0. The molecule has 6 aliphatic rings. The number of methoxy groups -OCH3 is 4. The van der Waals surface area contributed by atoms with Gasteiger partial charge in [-0.05, 0) is 73.9 Å². The van der Waals surface area contributed by atoms with Crippen LogP contribution in [0.4, 0.5) is 10.5 Å². The summed E-state index contributed by atoms with van der Waals surface area (Å²) in [6.07, 6.45) is 0.960. The first-order valence-electron chi connectivity index (χ1n) is 29.4. The van der Waals surface area contributed by atoms with Gasteiger partial charge >= 0.3 is 12.0 Å². The number of nitrogens with one attached hydrogen (secondary N) is 2. The number of anilines is 1. The number of ketones is 2. The number of benzene rings is 4. The number of aliphatic hydroxyl groups excluding tert-OH is 1. The third-order valence-corrected chi connectivity index (χ3v) is 17.8. The van der Waals surface area contributed by atoms with Crippen molar-refractivity contribution in [2.45, 2.75) is 125 Å². The zero-order valence-corrected chi connectivity index (χ0v) is 49.0. The van der Waals surface area contributed by atoms with Crippen LogP contribution >= 0.6 is 0 Å². The summed E-state index contributed by atoms with van der Waals surface area (Å²) in [6, 6.07) is 25.0. The minimum Gasteiger partial charge on any atom is -0.497 e. The van der Waals surface area contributed by atoms with Gasteiger partial charge in [0.05, 0.1) is 51.4 Å². The predicted molar refractivity (Wildman–Crippen MR) is 308 cm³/mol. The number of carbonyl (C=O) groups excluding carboxylic acids is 7. The number of ether oxygens (including phenoxy) is 10. The Bertz CT molecular complexity index is 3190. The van der Waals surface area contributed by atoms with Gasteiger partial charge in [-0.3, -0.25) is 33.7 Å². The van der Waals surface area contributed by atoms with Crippen LogP contribution in [-0.4, -0.2) is 142 Å². The highest BCUT2D eigenvalue weighted by atomic mass is 16.8. The molecule has 23 heteroatoms. The Morgan fingerprint density at radius 3 is 2.13 bits per heavy atom. The average Bonchev–Trinajstić information content (AvgIpc) is 1.50. The number of aliphatic hydroxyl groups is 2. The molecule has 0 aromatic heterocycles. The number of hydrogen-bond donors (Lipinski definition) is 5. The van der Waals surface area contributed by atoms with Crippen molar-refractivity contribution in [3.63, 3.8) is 0 Å². The van der Waals surface area contributed by atoms with E-state index in [1.54, 1.807) is 72.8 Å². The fraction of sp³-hybridized carbons (Fsp3) is 0.484. The second-order valence-electron chi connectivity index (χ2n) is 22.7. The van der Waals surface area contributed by atoms with Gasteiger partial charge in [0.15, 0.2) is 17.5 Å². The number of fused-ring (bicyclic) bond motifs is 3. The Morgan fingerprint density at radius 1 is 0.770 bits per heavy atom. The van der Waals surface area contributed by atoms with Crippen molar-refractivity contribution in [2.75, 3.05) is 60.1 Å². The van der Waals surface area contributed by atoms with Crippen LogP contribution in [0.25, 0.3) is 0 Å². The van der Waals surface area contributed by atoms with E-state index in [1.807, 2.05) is 6.07 Å². The lowest BCUT2D eigenvalue weighted by Gasteiger charge is -2.40. The normalized spacial score (nSPS) is 27.1. The minimum absolute atomic E-state index is 0.0306. The Kier molecular flexibility index (Phi) is 19.1. The predicted octanol–water partition coefficient (Wildman–Crippen LogP) is 5.91. The molecule has 4 fully saturated rings. The van der Waals surface area contributed by atoms with Crippen molar-refractivity contribution in [1.82, 2.24) is 10.2 Å². The number of nitrogens with two attached hydrogens (primary N) is 1. The lowest BCUT2D eigenvalue weighted by Crippen LogP contribution is -2.52. The summed E-state index contributed by atoms with van der Waals surface area (Å²) in [7, 11) is 5.57. The topological polar surface area (TPSA) is 306 Å². The number of unbranched alkanes of at least 4 members (excludes halogenated alkanes) is 3. The Balaban J connectivity index is 0.786. The molecule has 4 heterocycles. The standard InChI is InChI=1S/C64H74N4O19/c1-78-42-24-20-40(21-25-42)64-53(37-14-8-7-9-15-37)52(57(75)80-3)55(73)63(64,77)54-44(79-2)33-43(34-45(54)87-64)84-60-59(81-4)83-36-47(86-60)46-35-82-58(85-46)38-18-22-41(23-19-38)67-56(74)39(16-12-30-66-61(65)76)32-49(70)62(28-13-29-62)48(69)17-10-5-6-11-31-68-50(71)26-27-51(68)72/h7-9,14-15,18-27,33-34,39,46-47,52-53,55,58-60,73,77H,5-6,10-13,16-17,28-32,35-36H2,1-4H3,(H,67,74)(H3,65,66,76)/t39-,46-,47-,52-,53-,55-,58?,59-,60-,63+,64+/m1/s1. The molecule has 11 atom stereocenters. The van der Waals surface area contributed by atoms with Gasteiger partial charge in [-0.25, -0.2) is 4.79 Å². The zero-order chi connectivity index (χ0) is 61.6. The van der Waals surface area contributed by atoms with Gasteiger partial charge in [0, 0.05) is 80.4 Å². The van der Waals surface area contributed by atoms with Crippen molar-refractivity contribution in [2.24, 2.45) is 23.0 Å². The van der Waals surface area contributed by atoms with Crippen LogP contribution in [0.5, 0.6) is 23.0 Å². The van der Waals surface area contributed by atoms with E-state index in [9.17, 15) is 43.8 Å². The fourth-order valence-electron chi connectivity index (χ4n) is 13.1. The Hall–Kier alpha value is -7.77. The van der Waals surface area contributed by atoms with Crippen LogP contribution in [0, 0.1) is 17.3 Å². The highest BCUT2D eigenvalue weighted by Crippen LogP contribution is 2.70. The van der Waals surface area contributed by atoms with Crippen LogP contribution in [0.2, 0.25) is 0 Å². The summed E-state index contributed by atoms with van der Waals surface area (Å²) in [5.74, 6) is -4.56. The average molecular weight is 1200 g/mol. The summed E-state index contributed by atoms with van der Waals surface area (Å²) >= 11 is 0. The third kappa shape index (κ3) is 12.2. The summed E-state index contributed by atoms with van der Waals surface area (Å²) in [5.41, 5.74) is 2.11. The molecule has 10 rings (SSSR count). The van der Waals surface area contributed by atoms with E-state index in [0.717, 1.165) is 0 Å². The maximum Gasteiger partial charge on any atom is 0.312 e. The number of urea groups is 1. The molecule has 2 saturated carbocycles. The number of hydrogen-bond acceptors (Lipinski definition) is 19. The summed E-state index contributed by atoms with van der Waals surface area (Å²) in [6.45, 7) is 0.624. The number of primary amides is 1. The second kappa shape index (κ2) is 26.7. The summed E-state index contributed by atoms with van der Waals surface area (Å²) < 4.78 is 61.0. The lowest BCUT2D eigenvalue weighted by atomic mass is 9.61. The number of amides is 5. The maximum atomic E-state index is 14.1. The largest absolute Gasteiger partial charge is 0.497 e. The van der Waals surface area contributed by atoms with Crippen molar-refractivity contribution >= 4 is 47.0 Å². The van der Waals surface area contributed by atoms with Crippen LogP contribution in [0.15, 0.2) is 103 Å². The first-order valence-corrected chi connectivity index (χ1v) is 29.4. The number of nitrogens with zero attached hydrogens (tertiary/aromatic N) is 1. The van der Waals surface area contributed by atoms with E-state index in [2.05, 4.69) is 10.6 Å². The molecule has 4 aliphatic heterocycles. The molecule has 0 spiro atoms.